The molecule has 0 saturated carbocycles. The molecule has 0 atom stereocenters. The summed E-state index contributed by atoms with van der Waals surface area (Å²) in [5, 5.41) is 4.10. The number of hydrazine groups is 1. The van der Waals surface area contributed by atoms with Crippen LogP contribution in [0.4, 0.5) is 14.5 Å². The molecular weight excluding hydrogens is 346 g/mol. The Morgan fingerprint density at radius 2 is 2.08 bits per heavy atom. The molecule has 128 valence electrons. The molecule has 0 bridgehead atoms. The van der Waals surface area contributed by atoms with Gasteiger partial charge in [0, 0.05) is 23.8 Å². The van der Waals surface area contributed by atoms with Gasteiger partial charge in [0.2, 0.25) is 0 Å². The number of anilines is 1. The second-order valence-electron chi connectivity index (χ2n) is 4.76. The van der Waals surface area contributed by atoms with E-state index in [1.807, 2.05) is 16.4 Å². The SMILES string of the molecule is CN(Cc1cc(C(=O)NNC(=O)C(F)F)no1)c1cccc(Cl)c1. The van der Waals surface area contributed by atoms with Crippen molar-refractivity contribution in [3.63, 3.8) is 0 Å². The summed E-state index contributed by atoms with van der Waals surface area (Å²) >= 11 is 5.92. The number of benzene rings is 1. The van der Waals surface area contributed by atoms with Crippen LogP contribution in [0.1, 0.15) is 16.2 Å². The predicted molar refractivity (Wildman–Crippen MR) is 81.7 cm³/mol. The van der Waals surface area contributed by atoms with Gasteiger partial charge in [0.1, 0.15) is 0 Å². The highest BCUT2D eigenvalue weighted by Crippen LogP contribution is 2.20. The molecule has 10 heteroatoms. The molecule has 24 heavy (non-hydrogen) atoms. The van der Waals surface area contributed by atoms with E-state index in [1.165, 1.54) is 6.07 Å². The van der Waals surface area contributed by atoms with Crippen molar-refractivity contribution in [1.29, 1.82) is 0 Å². The first-order valence-electron chi connectivity index (χ1n) is 6.67. The smallest absolute Gasteiger partial charge is 0.317 e. The Bertz CT molecular complexity index is 738. The zero-order chi connectivity index (χ0) is 17.7. The molecule has 1 aromatic heterocycles. The third kappa shape index (κ3) is 4.66. The highest BCUT2D eigenvalue weighted by molar-refractivity contribution is 6.30. The minimum atomic E-state index is -3.23. The lowest BCUT2D eigenvalue weighted by Crippen LogP contribution is -2.44. The fraction of sp³-hybridized carbons (Fsp3) is 0.214. The molecule has 0 spiro atoms. The van der Waals surface area contributed by atoms with Crippen molar-refractivity contribution in [3.8, 4) is 0 Å². The molecule has 0 radical (unpaired) electrons. The average molecular weight is 359 g/mol. The van der Waals surface area contributed by atoms with E-state index in [-0.39, 0.29) is 5.69 Å². The van der Waals surface area contributed by atoms with Crippen LogP contribution in [-0.2, 0) is 11.3 Å². The maximum Gasteiger partial charge on any atom is 0.317 e. The van der Waals surface area contributed by atoms with Crippen molar-refractivity contribution in [2.75, 3.05) is 11.9 Å². The average Bonchev–Trinajstić information content (AvgIpc) is 3.00. The van der Waals surface area contributed by atoms with Crippen LogP contribution in [0.3, 0.4) is 0 Å². The van der Waals surface area contributed by atoms with Gasteiger partial charge in [-0.3, -0.25) is 20.4 Å². The number of nitrogens with zero attached hydrogens (tertiary/aromatic N) is 2. The molecule has 2 N–H and O–H groups in total. The summed E-state index contributed by atoms with van der Waals surface area (Å²) in [4.78, 5) is 24.1. The van der Waals surface area contributed by atoms with Gasteiger partial charge in [0.25, 0.3) is 5.91 Å². The quantitative estimate of drug-likeness (QED) is 0.798. The molecule has 1 aromatic carbocycles. The molecule has 0 aliphatic carbocycles. The molecule has 0 unspecified atom stereocenters. The normalized spacial score (nSPS) is 10.5. The fourth-order valence-electron chi connectivity index (χ4n) is 1.77. The lowest BCUT2D eigenvalue weighted by molar-refractivity contribution is -0.132. The summed E-state index contributed by atoms with van der Waals surface area (Å²) in [5.41, 5.74) is 4.06. The van der Waals surface area contributed by atoms with E-state index in [4.69, 9.17) is 16.1 Å². The third-order valence-electron chi connectivity index (χ3n) is 2.93. The molecule has 2 amide bonds. The first kappa shape index (κ1) is 17.7. The summed E-state index contributed by atoms with van der Waals surface area (Å²) < 4.78 is 29.0. The zero-order valence-corrected chi connectivity index (χ0v) is 13.2. The van der Waals surface area contributed by atoms with Crippen LogP contribution in [-0.4, -0.2) is 30.4 Å². The van der Waals surface area contributed by atoms with Crippen molar-refractivity contribution in [3.05, 3.63) is 46.8 Å². The van der Waals surface area contributed by atoms with Crippen LogP contribution in [0.15, 0.2) is 34.9 Å². The Morgan fingerprint density at radius 1 is 1.33 bits per heavy atom. The summed E-state index contributed by atoms with van der Waals surface area (Å²) in [6.07, 6.45) is -3.23. The van der Waals surface area contributed by atoms with Crippen LogP contribution in [0, 0.1) is 0 Å². The maximum absolute atomic E-state index is 12.0. The van der Waals surface area contributed by atoms with Gasteiger partial charge in [0.05, 0.1) is 6.54 Å². The second kappa shape index (κ2) is 7.73. The number of carbonyl (C=O) groups is 2. The second-order valence-corrected chi connectivity index (χ2v) is 5.19. The van der Waals surface area contributed by atoms with Crippen LogP contribution in [0.2, 0.25) is 5.02 Å². The van der Waals surface area contributed by atoms with E-state index in [1.54, 1.807) is 30.7 Å². The summed E-state index contributed by atoms with van der Waals surface area (Å²) in [6.45, 7) is 0.296. The van der Waals surface area contributed by atoms with Crippen LogP contribution in [0.25, 0.3) is 0 Å². The highest BCUT2D eigenvalue weighted by Gasteiger charge is 2.18. The van der Waals surface area contributed by atoms with Crippen molar-refractivity contribution in [2.24, 2.45) is 0 Å². The van der Waals surface area contributed by atoms with Crippen molar-refractivity contribution in [2.45, 2.75) is 13.0 Å². The van der Waals surface area contributed by atoms with Gasteiger partial charge in [-0.25, -0.2) is 0 Å². The maximum atomic E-state index is 12.0. The van der Waals surface area contributed by atoms with Gasteiger partial charge < -0.3 is 9.42 Å². The van der Waals surface area contributed by atoms with E-state index in [2.05, 4.69) is 5.16 Å². The molecule has 7 nitrogen and oxygen atoms in total. The fourth-order valence-corrected chi connectivity index (χ4v) is 1.95. The number of halogens is 3. The third-order valence-corrected chi connectivity index (χ3v) is 3.17. The van der Waals surface area contributed by atoms with Gasteiger partial charge in [-0.05, 0) is 18.2 Å². The number of hydrogen-bond donors (Lipinski definition) is 2. The van der Waals surface area contributed by atoms with E-state index in [0.29, 0.717) is 17.3 Å². The monoisotopic (exact) mass is 358 g/mol. The Hall–Kier alpha value is -2.68. The number of hydrogen-bond acceptors (Lipinski definition) is 5. The van der Waals surface area contributed by atoms with Crippen LogP contribution in [0.5, 0.6) is 0 Å². The van der Waals surface area contributed by atoms with Gasteiger partial charge >= 0.3 is 12.3 Å². The first-order chi connectivity index (χ1) is 11.4. The van der Waals surface area contributed by atoms with E-state index >= 15 is 0 Å². The number of carbonyl (C=O) groups excluding carboxylic acids is 2. The van der Waals surface area contributed by atoms with Gasteiger partial charge in [-0.1, -0.05) is 22.8 Å². The molecule has 0 aliphatic heterocycles. The Morgan fingerprint density at radius 3 is 2.75 bits per heavy atom. The lowest BCUT2D eigenvalue weighted by atomic mass is 10.3. The zero-order valence-electron chi connectivity index (χ0n) is 12.4. The summed E-state index contributed by atoms with van der Waals surface area (Å²) in [6, 6.07) is 8.47. The lowest BCUT2D eigenvalue weighted by Gasteiger charge is -2.17. The minimum absolute atomic E-state index is 0.154. The number of amides is 2. The number of alkyl halides is 2. The molecule has 0 fully saturated rings. The summed E-state index contributed by atoms with van der Waals surface area (Å²) in [7, 11) is 1.79. The first-order valence-corrected chi connectivity index (χ1v) is 7.05. The largest absolute Gasteiger partial charge is 0.367 e. The Balaban J connectivity index is 1.95. The molecule has 1 heterocycles. The van der Waals surface area contributed by atoms with Gasteiger partial charge in [-0.15, -0.1) is 0 Å². The van der Waals surface area contributed by atoms with Gasteiger partial charge in [0.15, 0.2) is 11.5 Å². The molecule has 2 rings (SSSR count). The van der Waals surface area contributed by atoms with Crippen molar-refractivity contribution >= 4 is 29.1 Å². The standard InChI is InChI=1S/C14H13ClF2N4O3/c1-21(9-4-2-3-8(15)5-9)7-10-6-11(20-24-10)13(22)18-19-14(23)12(16)17/h2-6,12H,7H2,1H3,(H,18,22)(H,19,23). The van der Waals surface area contributed by atoms with E-state index in [0.717, 1.165) is 5.69 Å². The summed E-state index contributed by atoms with van der Waals surface area (Å²) in [5.74, 6) is -2.13. The van der Waals surface area contributed by atoms with Crippen LogP contribution >= 0.6 is 11.6 Å². The molecule has 2 aromatic rings. The molecule has 0 saturated heterocycles. The van der Waals surface area contributed by atoms with Crippen LogP contribution < -0.4 is 15.8 Å². The Kier molecular flexibility index (Phi) is 5.69. The number of aromatic nitrogens is 1. The predicted octanol–water partition coefficient (Wildman–Crippen LogP) is 1.99. The van der Waals surface area contributed by atoms with E-state index < -0.39 is 18.2 Å². The molecule has 0 aliphatic rings. The van der Waals surface area contributed by atoms with Crippen molar-refractivity contribution < 1.29 is 22.9 Å². The van der Waals surface area contributed by atoms with Crippen molar-refractivity contribution in [1.82, 2.24) is 16.0 Å². The Labute approximate surface area is 140 Å². The number of nitrogens with one attached hydrogen (secondary N) is 2. The van der Waals surface area contributed by atoms with E-state index in [9.17, 15) is 18.4 Å². The molecular formula is C14H13ClF2N4O3. The topological polar surface area (TPSA) is 87.5 Å². The minimum Gasteiger partial charge on any atom is -0.367 e. The number of rotatable bonds is 5. The highest BCUT2D eigenvalue weighted by atomic mass is 35.5. The van der Waals surface area contributed by atoms with Gasteiger partial charge in [-0.2, -0.15) is 8.78 Å².